The first-order valence-corrected chi connectivity index (χ1v) is 11.1. The highest BCUT2D eigenvalue weighted by Crippen LogP contribution is 2.10. The second-order valence-corrected chi connectivity index (χ2v) is 7.57. The number of ether oxygens (including phenoxy) is 1. The van der Waals surface area contributed by atoms with E-state index in [0.29, 0.717) is 12.2 Å². The maximum absolute atomic E-state index is 14.2. The smallest absolute Gasteiger partial charge is 0.329 e. The third-order valence-corrected chi connectivity index (χ3v) is 4.92. The minimum absolute atomic E-state index is 0.0744. The van der Waals surface area contributed by atoms with Crippen LogP contribution in [0, 0.1) is 5.82 Å². The third-order valence-electron chi connectivity index (χ3n) is 4.67. The van der Waals surface area contributed by atoms with E-state index in [2.05, 4.69) is 33.6 Å². The molecular weight excluding hydrogens is 451 g/mol. The molecule has 3 amide bonds. The fourth-order valence-corrected chi connectivity index (χ4v) is 3.04. The van der Waals surface area contributed by atoms with Crippen LogP contribution in [0.4, 0.5) is 4.39 Å². The average molecular weight is 479 g/mol. The number of nitrogens with zero attached hydrogens (tertiary/aromatic N) is 1. The number of rotatable bonds is 4. The molecule has 0 radical (unpaired) electrons. The Labute approximate surface area is 196 Å². The Kier molecular flexibility index (Phi) is 10.0. The van der Waals surface area contributed by atoms with E-state index >= 15 is 0 Å². The van der Waals surface area contributed by atoms with Gasteiger partial charge in [0.2, 0.25) is 5.91 Å². The summed E-state index contributed by atoms with van der Waals surface area (Å²) in [6.07, 6.45) is 4.43. The quantitative estimate of drug-likeness (QED) is 0.225. The molecule has 3 N–H and O–H groups in total. The number of cyclic esters (lactones) is 1. The van der Waals surface area contributed by atoms with E-state index in [4.69, 9.17) is 4.74 Å². The predicted octanol–water partition coefficient (Wildman–Crippen LogP) is 1.56. The number of hydrogen-bond acceptors (Lipinski definition) is 7. The van der Waals surface area contributed by atoms with Gasteiger partial charge in [-0.3, -0.25) is 14.4 Å². The number of amides is 3. The lowest BCUT2D eigenvalue weighted by atomic mass is 10.1. The van der Waals surface area contributed by atoms with Crippen LogP contribution in [0.2, 0.25) is 0 Å². The topological polar surface area (TPSA) is 126 Å². The van der Waals surface area contributed by atoms with Gasteiger partial charge in [0.25, 0.3) is 11.8 Å². The standard InChI is InChI=1S/C22H27FN4O5S/c1-3-16-20(29)27-17(4-2)22(31)32-14(7-5-6-10-33)11-18(28)24-12-13-8-9-15(23)19(25-13)21(30)26-16/h3,5,7-9,14,17,33H,4,6,10-12H2,1-2H3,(H,24,28)(H,26,30)(H,27,29)/b7-5+,16-3-/t14-,17+/m1/s1. The predicted molar refractivity (Wildman–Crippen MR) is 122 cm³/mol. The molecule has 1 aromatic heterocycles. The lowest BCUT2D eigenvalue weighted by Crippen LogP contribution is -2.46. The lowest BCUT2D eigenvalue weighted by molar-refractivity contribution is -0.151. The van der Waals surface area contributed by atoms with Gasteiger partial charge in [-0.05, 0) is 43.7 Å². The molecule has 1 aromatic rings. The van der Waals surface area contributed by atoms with Gasteiger partial charge in [0.1, 0.15) is 17.8 Å². The number of nitrogens with one attached hydrogen (secondary N) is 3. The van der Waals surface area contributed by atoms with E-state index < -0.39 is 47.3 Å². The lowest BCUT2D eigenvalue weighted by Gasteiger charge is -2.21. The summed E-state index contributed by atoms with van der Waals surface area (Å²) in [4.78, 5) is 54.3. The monoisotopic (exact) mass is 478 g/mol. The van der Waals surface area contributed by atoms with Gasteiger partial charge in [0, 0.05) is 0 Å². The Morgan fingerprint density at radius 3 is 2.67 bits per heavy atom. The number of thiol groups is 1. The van der Waals surface area contributed by atoms with Crippen molar-refractivity contribution in [3.63, 3.8) is 0 Å². The van der Waals surface area contributed by atoms with Gasteiger partial charge >= 0.3 is 5.97 Å². The molecule has 2 heterocycles. The molecule has 1 aliphatic rings. The number of halogens is 1. The highest BCUT2D eigenvalue weighted by molar-refractivity contribution is 7.80. The maximum atomic E-state index is 14.2. The van der Waals surface area contributed by atoms with E-state index in [9.17, 15) is 23.6 Å². The van der Waals surface area contributed by atoms with Crippen LogP contribution in [0.25, 0.3) is 0 Å². The summed E-state index contributed by atoms with van der Waals surface area (Å²) in [5, 5.41) is 7.42. The van der Waals surface area contributed by atoms with E-state index in [-0.39, 0.29) is 30.8 Å². The number of allylic oxidation sites excluding steroid dienone is 2. The molecule has 9 nitrogen and oxygen atoms in total. The minimum atomic E-state index is -1.03. The second-order valence-electron chi connectivity index (χ2n) is 7.12. The van der Waals surface area contributed by atoms with Gasteiger partial charge in [-0.1, -0.05) is 19.1 Å². The fraction of sp³-hybridized carbons (Fsp3) is 0.409. The van der Waals surface area contributed by atoms with Crippen molar-refractivity contribution in [3.05, 3.63) is 53.3 Å². The Balaban J connectivity index is 2.40. The van der Waals surface area contributed by atoms with Crippen molar-refractivity contribution in [1.82, 2.24) is 20.9 Å². The van der Waals surface area contributed by atoms with Crippen molar-refractivity contribution in [2.75, 3.05) is 5.75 Å². The number of aromatic nitrogens is 1. The Hall–Kier alpha value is -3.21. The molecule has 178 valence electrons. The molecule has 0 unspecified atom stereocenters. The zero-order chi connectivity index (χ0) is 24.4. The molecule has 0 fully saturated rings. The zero-order valence-corrected chi connectivity index (χ0v) is 19.3. The zero-order valence-electron chi connectivity index (χ0n) is 18.4. The number of pyridine rings is 1. The van der Waals surface area contributed by atoms with E-state index in [1.165, 1.54) is 19.1 Å². The SMILES string of the molecule is C/C=C1\NC(=O)c2nc(ccc2F)CNC(=O)C[C@@H](/C=C/CCS)OC(=O)[C@H](CC)NC1=O. The van der Waals surface area contributed by atoms with Crippen LogP contribution in [0.1, 0.15) is 49.3 Å². The van der Waals surface area contributed by atoms with Gasteiger partial charge in [-0.2, -0.15) is 12.6 Å². The van der Waals surface area contributed by atoms with Crippen molar-refractivity contribution in [2.45, 2.75) is 51.8 Å². The van der Waals surface area contributed by atoms with Crippen molar-refractivity contribution in [2.24, 2.45) is 0 Å². The minimum Gasteiger partial charge on any atom is -0.456 e. The average Bonchev–Trinajstić information content (AvgIpc) is 2.79. The number of carbonyl (C=O) groups is 4. The number of fused-ring (bicyclic) bond motifs is 2. The molecule has 2 bridgehead atoms. The highest BCUT2D eigenvalue weighted by atomic mass is 32.1. The third kappa shape index (κ3) is 7.70. The molecule has 33 heavy (non-hydrogen) atoms. The molecule has 0 saturated carbocycles. The van der Waals surface area contributed by atoms with Crippen LogP contribution < -0.4 is 16.0 Å². The first kappa shape index (κ1) is 26.0. The van der Waals surface area contributed by atoms with E-state index in [1.807, 2.05) is 0 Å². The Bertz CT molecular complexity index is 966. The van der Waals surface area contributed by atoms with Crippen LogP contribution in [-0.4, -0.2) is 46.6 Å². The molecule has 0 saturated heterocycles. The summed E-state index contributed by atoms with van der Waals surface area (Å²) >= 11 is 4.12. The largest absolute Gasteiger partial charge is 0.456 e. The van der Waals surface area contributed by atoms with Crippen LogP contribution >= 0.6 is 12.6 Å². The van der Waals surface area contributed by atoms with Crippen LogP contribution in [-0.2, 0) is 25.7 Å². The van der Waals surface area contributed by atoms with Crippen LogP contribution in [0.5, 0.6) is 0 Å². The summed E-state index contributed by atoms with van der Waals surface area (Å²) in [6.45, 7) is 3.10. The van der Waals surface area contributed by atoms with Crippen molar-refractivity contribution < 1.29 is 28.3 Å². The molecule has 0 aliphatic carbocycles. The normalized spacial score (nSPS) is 22.0. The van der Waals surface area contributed by atoms with E-state index in [1.54, 1.807) is 19.1 Å². The molecule has 2 rings (SSSR count). The summed E-state index contributed by atoms with van der Waals surface area (Å²) in [5.41, 5.74) is -0.470. The van der Waals surface area contributed by atoms with Gasteiger partial charge in [0.05, 0.1) is 18.7 Å². The second kappa shape index (κ2) is 12.7. The van der Waals surface area contributed by atoms with Gasteiger partial charge < -0.3 is 20.7 Å². The number of carbonyl (C=O) groups excluding carboxylic acids is 4. The number of hydrogen-bond donors (Lipinski definition) is 4. The van der Waals surface area contributed by atoms with Crippen molar-refractivity contribution >= 4 is 36.3 Å². The maximum Gasteiger partial charge on any atom is 0.329 e. The first-order chi connectivity index (χ1) is 15.8. The van der Waals surface area contributed by atoms with Crippen molar-refractivity contribution in [3.8, 4) is 0 Å². The fourth-order valence-electron chi connectivity index (χ4n) is 2.89. The summed E-state index contributed by atoms with van der Waals surface area (Å²) in [7, 11) is 0. The van der Waals surface area contributed by atoms with Gasteiger partial charge in [-0.25, -0.2) is 14.2 Å². The summed E-state index contributed by atoms with van der Waals surface area (Å²) in [6, 6.07) is 1.36. The molecule has 11 heteroatoms. The van der Waals surface area contributed by atoms with Crippen LogP contribution in [0.15, 0.2) is 36.1 Å². The highest BCUT2D eigenvalue weighted by Gasteiger charge is 2.27. The van der Waals surface area contributed by atoms with Crippen LogP contribution in [0.3, 0.4) is 0 Å². The Morgan fingerprint density at radius 1 is 1.24 bits per heavy atom. The van der Waals surface area contributed by atoms with Gasteiger partial charge in [-0.15, -0.1) is 0 Å². The summed E-state index contributed by atoms with van der Waals surface area (Å²) < 4.78 is 19.7. The number of esters is 1. The van der Waals surface area contributed by atoms with Gasteiger partial charge in [0.15, 0.2) is 11.5 Å². The summed E-state index contributed by atoms with van der Waals surface area (Å²) in [5.74, 6) is -3.18. The Morgan fingerprint density at radius 2 is 2.00 bits per heavy atom. The molecule has 0 aromatic carbocycles. The molecular formula is C22H27FN4O5S. The van der Waals surface area contributed by atoms with E-state index in [0.717, 1.165) is 6.07 Å². The molecule has 2 atom stereocenters. The van der Waals surface area contributed by atoms with Crippen molar-refractivity contribution in [1.29, 1.82) is 0 Å². The molecule has 0 spiro atoms. The first-order valence-electron chi connectivity index (χ1n) is 10.5. The molecule has 1 aliphatic heterocycles.